The molecule has 0 heterocycles. The maximum absolute atomic E-state index is 12.6. The number of nitrogens with one attached hydrogen (secondary N) is 1. The Morgan fingerprint density at radius 3 is 2.29 bits per heavy atom. The molecule has 1 amide bonds. The molecule has 4 rings (SSSR count). The van der Waals surface area contributed by atoms with E-state index >= 15 is 0 Å². The summed E-state index contributed by atoms with van der Waals surface area (Å²) < 4.78 is 5.67. The standard InChI is InChI=1S/C26H31NO4/c1-2-7-17-12-13-24(18(14-17)15-25(28)29)27-26(30)31-16-23-21-10-5-3-8-19(21)20-9-4-6-11-22(20)23/h3-6,8-11,17-18,23-24H,2,7,12-16H2,1H3,(H,27,30)(H,28,29). The van der Waals surface area contributed by atoms with E-state index in [4.69, 9.17) is 4.74 Å². The van der Waals surface area contributed by atoms with Crippen molar-refractivity contribution in [3.63, 3.8) is 0 Å². The van der Waals surface area contributed by atoms with E-state index in [-0.39, 0.29) is 30.9 Å². The van der Waals surface area contributed by atoms with Crippen molar-refractivity contribution in [3.05, 3.63) is 59.7 Å². The number of ether oxygens (including phenoxy) is 1. The average molecular weight is 422 g/mol. The summed E-state index contributed by atoms with van der Waals surface area (Å²) in [6.07, 6.45) is 4.56. The molecule has 2 aliphatic rings. The van der Waals surface area contributed by atoms with Gasteiger partial charge in [0.05, 0.1) is 6.42 Å². The summed E-state index contributed by atoms with van der Waals surface area (Å²) in [5, 5.41) is 12.3. The molecular weight excluding hydrogens is 390 g/mol. The van der Waals surface area contributed by atoms with Gasteiger partial charge in [0.15, 0.2) is 0 Å². The van der Waals surface area contributed by atoms with E-state index in [9.17, 15) is 14.7 Å². The molecule has 0 saturated heterocycles. The van der Waals surface area contributed by atoms with Gasteiger partial charge in [0.1, 0.15) is 6.61 Å². The van der Waals surface area contributed by atoms with Gasteiger partial charge in [-0.05, 0) is 53.4 Å². The minimum atomic E-state index is -0.804. The van der Waals surface area contributed by atoms with Crippen molar-refractivity contribution in [2.24, 2.45) is 11.8 Å². The van der Waals surface area contributed by atoms with Crippen molar-refractivity contribution < 1.29 is 19.4 Å². The van der Waals surface area contributed by atoms with Gasteiger partial charge in [-0.2, -0.15) is 0 Å². The van der Waals surface area contributed by atoms with Crippen LogP contribution in [0.25, 0.3) is 11.1 Å². The summed E-state index contributed by atoms with van der Waals surface area (Å²) in [4.78, 5) is 24.0. The molecule has 0 aliphatic heterocycles. The number of aliphatic carboxylic acids is 1. The summed E-state index contributed by atoms with van der Waals surface area (Å²) in [5.74, 6) is -0.270. The van der Waals surface area contributed by atoms with Gasteiger partial charge in [-0.3, -0.25) is 4.79 Å². The van der Waals surface area contributed by atoms with E-state index in [2.05, 4.69) is 36.5 Å². The van der Waals surface area contributed by atoms with Crippen LogP contribution in [0.15, 0.2) is 48.5 Å². The summed E-state index contributed by atoms with van der Waals surface area (Å²) >= 11 is 0. The van der Waals surface area contributed by atoms with Gasteiger partial charge >= 0.3 is 12.1 Å². The summed E-state index contributed by atoms with van der Waals surface area (Å²) in [5.41, 5.74) is 4.76. The number of carbonyl (C=O) groups is 2. The molecule has 0 radical (unpaired) electrons. The SMILES string of the molecule is CCCC1CCC(NC(=O)OCC2c3ccccc3-c3ccccc32)C(CC(=O)O)C1. The molecule has 5 nitrogen and oxygen atoms in total. The summed E-state index contributed by atoms with van der Waals surface area (Å²) in [7, 11) is 0. The van der Waals surface area contributed by atoms with Crippen LogP contribution in [0.3, 0.4) is 0 Å². The molecule has 2 aliphatic carbocycles. The van der Waals surface area contributed by atoms with Gasteiger partial charge in [0.2, 0.25) is 0 Å². The van der Waals surface area contributed by atoms with Gasteiger partial charge < -0.3 is 15.2 Å². The molecule has 2 aromatic rings. The Labute approximate surface area is 183 Å². The highest BCUT2D eigenvalue weighted by Crippen LogP contribution is 2.44. The van der Waals surface area contributed by atoms with E-state index in [1.165, 1.54) is 22.3 Å². The summed E-state index contributed by atoms with van der Waals surface area (Å²) in [6.45, 7) is 2.43. The lowest BCUT2D eigenvalue weighted by Gasteiger charge is -2.35. The minimum Gasteiger partial charge on any atom is -0.481 e. The molecule has 3 atom stereocenters. The van der Waals surface area contributed by atoms with Gasteiger partial charge in [-0.15, -0.1) is 0 Å². The molecule has 0 spiro atoms. The molecule has 0 bridgehead atoms. The molecular formula is C26H31NO4. The lowest BCUT2D eigenvalue weighted by molar-refractivity contribution is -0.138. The van der Waals surface area contributed by atoms with Crippen molar-refractivity contribution >= 4 is 12.1 Å². The number of alkyl carbamates (subject to hydrolysis) is 1. The van der Waals surface area contributed by atoms with Crippen LogP contribution in [0.1, 0.15) is 62.5 Å². The number of amides is 1. The third kappa shape index (κ3) is 4.76. The number of fused-ring (bicyclic) bond motifs is 3. The van der Waals surface area contributed by atoms with Crippen LogP contribution in [0.4, 0.5) is 4.79 Å². The second-order valence-electron chi connectivity index (χ2n) is 8.90. The Hall–Kier alpha value is -2.82. The van der Waals surface area contributed by atoms with Crippen LogP contribution in [0, 0.1) is 11.8 Å². The quantitative estimate of drug-likeness (QED) is 0.611. The van der Waals surface area contributed by atoms with E-state index in [1.54, 1.807) is 0 Å². The Morgan fingerprint density at radius 2 is 1.68 bits per heavy atom. The molecule has 1 fully saturated rings. The van der Waals surface area contributed by atoms with Crippen molar-refractivity contribution in [2.75, 3.05) is 6.61 Å². The molecule has 2 aromatic carbocycles. The van der Waals surface area contributed by atoms with Crippen LogP contribution >= 0.6 is 0 Å². The Balaban J connectivity index is 1.39. The predicted octanol–water partition coefficient (Wildman–Crippen LogP) is 5.58. The van der Waals surface area contributed by atoms with Crippen molar-refractivity contribution in [1.29, 1.82) is 0 Å². The maximum Gasteiger partial charge on any atom is 0.407 e. The molecule has 5 heteroatoms. The lowest BCUT2D eigenvalue weighted by atomic mass is 9.75. The van der Waals surface area contributed by atoms with Crippen LogP contribution < -0.4 is 5.32 Å². The normalized spacial score (nSPS) is 22.4. The number of benzene rings is 2. The Bertz CT molecular complexity index is 895. The first-order valence-electron chi connectivity index (χ1n) is 11.4. The second kappa shape index (κ2) is 9.54. The average Bonchev–Trinajstić information content (AvgIpc) is 3.08. The van der Waals surface area contributed by atoms with E-state index in [0.717, 1.165) is 32.1 Å². The Kier molecular flexibility index (Phi) is 6.59. The monoisotopic (exact) mass is 421 g/mol. The number of carboxylic acid groups (broad SMARTS) is 1. The zero-order chi connectivity index (χ0) is 21.8. The smallest absolute Gasteiger partial charge is 0.407 e. The first kappa shape index (κ1) is 21.4. The number of carboxylic acids is 1. The highest BCUT2D eigenvalue weighted by molar-refractivity contribution is 5.79. The lowest BCUT2D eigenvalue weighted by Crippen LogP contribution is -2.45. The zero-order valence-electron chi connectivity index (χ0n) is 18.0. The fourth-order valence-electron chi connectivity index (χ4n) is 5.46. The van der Waals surface area contributed by atoms with E-state index in [0.29, 0.717) is 5.92 Å². The van der Waals surface area contributed by atoms with Gasteiger partial charge in [0, 0.05) is 12.0 Å². The molecule has 2 N–H and O–H groups in total. The van der Waals surface area contributed by atoms with Gasteiger partial charge in [-0.1, -0.05) is 68.3 Å². The van der Waals surface area contributed by atoms with Gasteiger partial charge in [0.25, 0.3) is 0 Å². The van der Waals surface area contributed by atoms with Gasteiger partial charge in [-0.25, -0.2) is 4.79 Å². The maximum atomic E-state index is 12.6. The van der Waals surface area contributed by atoms with Crippen molar-refractivity contribution in [1.82, 2.24) is 5.32 Å². The molecule has 3 unspecified atom stereocenters. The molecule has 31 heavy (non-hydrogen) atoms. The number of hydrogen-bond donors (Lipinski definition) is 2. The minimum absolute atomic E-state index is 0.0215. The van der Waals surface area contributed by atoms with Crippen LogP contribution in [0.5, 0.6) is 0 Å². The molecule has 164 valence electrons. The van der Waals surface area contributed by atoms with Crippen LogP contribution in [-0.2, 0) is 9.53 Å². The van der Waals surface area contributed by atoms with Crippen LogP contribution in [-0.4, -0.2) is 29.8 Å². The second-order valence-corrected chi connectivity index (χ2v) is 8.90. The Morgan fingerprint density at radius 1 is 1.03 bits per heavy atom. The van der Waals surface area contributed by atoms with Crippen molar-refractivity contribution in [3.8, 4) is 11.1 Å². The number of hydrogen-bond acceptors (Lipinski definition) is 3. The largest absolute Gasteiger partial charge is 0.481 e. The first-order valence-corrected chi connectivity index (χ1v) is 11.4. The molecule has 1 saturated carbocycles. The molecule has 0 aromatic heterocycles. The topological polar surface area (TPSA) is 75.6 Å². The third-order valence-electron chi connectivity index (χ3n) is 6.87. The summed E-state index contributed by atoms with van der Waals surface area (Å²) in [6, 6.07) is 16.4. The first-order chi connectivity index (χ1) is 15.1. The third-order valence-corrected chi connectivity index (χ3v) is 6.87. The fourth-order valence-corrected chi connectivity index (χ4v) is 5.46. The fraction of sp³-hybridized carbons (Fsp3) is 0.462. The number of carbonyl (C=O) groups excluding carboxylic acids is 1. The van der Waals surface area contributed by atoms with E-state index < -0.39 is 12.1 Å². The van der Waals surface area contributed by atoms with Crippen LogP contribution in [0.2, 0.25) is 0 Å². The highest BCUT2D eigenvalue weighted by Gasteiger charge is 2.34. The van der Waals surface area contributed by atoms with E-state index in [1.807, 2.05) is 24.3 Å². The number of rotatable bonds is 7. The van der Waals surface area contributed by atoms with Crippen molar-refractivity contribution in [2.45, 2.75) is 57.4 Å². The highest BCUT2D eigenvalue weighted by atomic mass is 16.5. The zero-order valence-corrected chi connectivity index (χ0v) is 18.0. The predicted molar refractivity (Wildman–Crippen MR) is 120 cm³/mol.